The smallest absolute Gasteiger partial charge is 0.337 e. The largest absolute Gasteiger partial charge is 0.465 e. The van der Waals surface area contributed by atoms with Gasteiger partial charge in [-0.25, -0.2) is 4.79 Å². The molecule has 0 saturated heterocycles. The Labute approximate surface area is 132 Å². The van der Waals surface area contributed by atoms with Gasteiger partial charge >= 0.3 is 5.97 Å². The maximum atomic E-state index is 11.8. The Morgan fingerprint density at radius 1 is 1.23 bits per heavy atom. The van der Waals surface area contributed by atoms with E-state index in [9.17, 15) is 9.59 Å². The summed E-state index contributed by atoms with van der Waals surface area (Å²) in [5.41, 5.74) is 1.36. The summed E-state index contributed by atoms with van der Waals surface area (Å²) in [5.74, 6) is -0.463. The number of hydrogen-bond donors (Lipinski definition) is 1. The van der Waals surface area contributed by atoms with E-state index in [1.54, 1.807) is 30.3 Å². The average molecular weight is 303 g/mol. The van der Waals surface area contributed by atoms with Crippen LogP contribution in [0.5, 0.6) is 0 Å². The predicted octanol–water partition coefficient (Wildman–Crippen LogP) is 3.57. The Balaban J connectivity index is 2.46. The molecule has 4 heteroatoms. The van der Waals surface area contributed by atoms with Crippen LogP contribution in [0.4, 0.5) is 0 Å². The van der Waals surface area contributed by atoms with E-state index in [0.29, 0.717) is 5.56 Å². The highest BCUT2D eigenvalue weighted by Gasteiger charge is 2.05. The number of ether oxygens (including phenoxy) is 1. The Hall–Kier alpha value is -2.10. The van der Waals surface area contributed by atoms with Crippen molar-refractivity contribution in [2.75, 3.05) is 7.11 Å². The lowest BCUT2D eigenvalue weighted by Crippen LogP contribution is -2.30. The van der Waals surface area contributed by atoms with Gasteiger partial charge in [-0.2, -0.15) is 0 Å². The van der Waals surface area contributed by atoms with Crippen LogP contribution in [0.1, 0.15) is 55.5 Å². The lowest BCUT2D eigenvalue weighted by atomic mass is 10.1. The summed E-state index contributed by atoms with van der Waals surface area (Å²) in [6.07, 6.45) is 7.77. The molecule has 1 amide bonds. The van der Waals surface area contributed by atoms with Gasteiger partial charge in [0.2, 0.25) is 5.91 Å². The second-order valence-electron chi connectivity index (χ2n) is 5.35. The molecule has 0 aromatic heterocycles. The molecule has 0 fully saturated rings. The van der Waals surface area contributed by atoms with Gasteiger partial charge in [0.15, 0.2) is 0 Å². The maximum absolute atomic E-state index is 11.8. The Morgan fingerprint density at radius 3 is 2.50 bits per heavy atom. The summed E-state index contributed by atoms with van der Waals surface area (Å²) < 4.78 is 4.64. The van der Waals surface area contributed by atoms with Gasteiger partial charge in [0.25, 0.3) is 0 Å². The highest BCUT2D eigenvalue weighted by Crippen LogP contribution is 2.07. The number of carbonyl (C=O) groups is 2. The van der Waals surface area contributed by atoms with Crippen molar-refractivity contribution >= 4 is 18.0 Å². The van der Waals surface area contributed by atoms with Gasteiger partial charge in [0.05, 0.1) is 12.7 Å². The van der Waals surface area contributed by atoms with Gasteiger partial charge in [-0.1, -0.05) is 38.3 Å². The first kappa shape index (κ1) is 18.0. The third kappa shape index (κ3) is 6.57. The minimum atomic E-state index is -0.367. The van der Waals surface area contributed by atoms with Crippen molar-refractivity contribution in [2.24, 2.45) is 0 Å². The Morgan fingerprint density at radius 2 is 1.91 bits per heavy atom. The van der Waals surface area contributed by atoms with E-state index < -0.39 is 0 Å². The van der Waals surface area contributed by atoms with Crippen molar-refractivity contribution in [3.05, 3.63) is 41.5 Å². The van der Waals surface area contributed by atoms with Crippen LogP contribution in [0.15, 0.2) is 30.3 Å². The van der Waals surface area contributed by atoms with Gasteiger partial charge in [0, 0.05) is 12.1 Å². The monoisotopic (exact) mass is 303 g/mol. The Kier molecular flexibility index (Phi) is 7.97. The fraction of sp³-hybridized carbons (Fsp3) is 0.444. The van der Waals surface area contributed by atoms with E-state index in [1.807, 2.05) is 6.92 Å². The predicted molar refractivity (Wildman–Crippen MR) is 88.6 cm³/mol. The highest BCUT2D eigenvalue weighted by atomic mass is 16.5. The molecule has 1 atom stereocenters. The zero-order valence-electron chi connectivity index (χ0n) is 13.6. The number of unbranched alkanes of at least 4 members (excludes halogenated alkanes) is 2. The number of nitrogens with one attached hydrogen (secondary N) is 1. The van der Waals surface area contributed by atoms with Gasteiger partial charge < -0.3 is 10.1 Å². The molecule has 1 rings (SSSR count). The van der Waals surface area contributed by atoms with Crippen LogP contribution in [0.25, 0.3) is 6.08 Å². The van der Waals surface area contributed by atoms with E-state index in [-0.39, 0.29) is 17.9 Å². The SMILES string of the molecule is CCCCC[C@@H](C)NC(=O)/C=C/c1ccc(C(=O)OC)cc1. The van der Waals surface area contributed by atoms with E-state index in [4.69, 9.17) is 0 Å². The molecule has 1 N–H and O–H groups in total. The van der Waals surface area contributed by atoms with Crippen LogP contribution in [0.2, 0.25) is 0 Å². The first-order chi connectivity index (χ1) is 10.6. The normalized spacial score (nSPS) is 12.1. The molecule has 4 nitrogen and oxygen atoms in total. The molecule has 0 radical (unpaired) electrons. The zero-order chi connectivity index (χ0) is 16.4. The maximum Gasteiger partial charge on any atom is 0.337 e. The first-order valence-electron chi connectivity index (χ1n) is 7.73. The number of methoxy groups -OCH3 is 1. The standard InChI is InChI=1S/C18H25NO3/c1-4-5-6-7-14(2)19-17(20)13-10-15-8-11-16(12-9-15)18(21)22-3/h8-14H,4-7H2,1-3H3,(H,19,20)/b13-10+/t14-/m1/s1. The topological polar surface area (TPSA) is 55.4 Å². The molecule has 0 bridgehead atoms. The molecule has 0 spiro atoms. The second kappa shape index (κ2) is 9.77. The Bertz CT molecular complexity index is 506. The minimum Gasteiger partial charge on any atom is -0.465 e. The summed E-state index contributed by atoms with van der Waals surface area (Å²) in [6.45, 7) is 4.18. The first-order valence-corrected chi connectivity index (χ1v) is 7.73. The lowest BCUT2D eigenvalue weighted by molar-refractivity contribution is -0.117. The van der Waals surface area contributed by atoms with E-state index >= 15 is 0 Å². The van der Waals surface area contributed by atoms with Crippen LogP contribution < -0.4 is 5.32 Å². The van der Waals surface area contributed by atoms with Gasteiger partial charge in [-0.05, 0) is 37.1 Å². The number of rotatable bonds is 8. The molecule has 22 heavy (non-hydrogen) atoms. The molecule has 1 aromatic rings. The van der Waals surface area contributed by atoms with Crippen molar-refractivity contribution < 1.29 is 14.3 Å². The minimum absolute atomic E-state index is 0.0963. The van der Waals surface area contributed by atoms with Crippen LogP contribution >= 0.6 is 0 Å². The third-order valence-electron chi connectivity index (χ3n) is 3.39. The van der Waals surface area contributed by atoms with Crippen LogP contribution in [-0.4, -0.2) is 25.0 Å². The van der Waals surface area contributed by atoms with Crippen molar-refractivity contribution in [2.45, 2.75) is 45.6 Å². The quantitative estimate of drug-likeness (QED) is 0.454. The average Bonchev–Trinajstić information content (AvgIpc) is 2.53. The lowest BCUT2D eigenvalue weighted by Gasteiger charge is -2.11. The molecule has 0 heterocycles. The third-order valence-corrected chi connectivity index (χ3v) is 3.39. The molecular formula is C18H25NO3. The fourth-order valence-corrected chi connectivity index (χ4v) is 2.08. The van der Waals surface area contributed by atoms with Gasteiger partial charge in [-0.3, -0.25) is 4.79 Å². The van der Waals surface area contributed by atoms with E-state index in [2.05, 4.69) is 17.0 Å². The fourth-order valence-electron chi connectivity index (χ4n) is 2.08. The van der Waals surface area contributed by atoms with Gasteiger partial charge in [0.1, 0.15) is 0 Å². The molecular weight excluding hydrogens is 278 g/mol. The molecule has 0 aliphatic heterocycles. The second-order valence-corrected chi connectivity index (χ2v) is 5.35. The van der Waals surface area contributed by atoms with Crippen molar-refractivity contribution in [1.29, 1.82) is 0 Å². The molecule has 0 aliphatic rings. The summed E-state index contributed by atoms with van der Waals surface area (Å²) in [4.78, 5) is 23.1. The zero-order valence-corrected chi connectivity index (χ0v) is 13.6. The molecule has 1 aromatic carbocycles. The summed E-state index contributed by atoms with van der Waals surface area (Å²) >= 11 is 0. The number of carbonyl (C=O) groups excluding carboxylic acids is 2. The van der Waals surface area contributed by atoms with Crippen LogP contribution in [0, 0.1) is 0 Å². The molecule has 0 aliphatic carbocycles. The molecule has 120 valence electrons. The number of amides is 1. The number of esters is 1. The van der Waals surface area contributed by atoms with Crippen molar-refractivity contribution in [3.8, 4) is 0 Å². The van der Waals surface area contributed by atoms with Crippen LogP contribution in [0.3, 0.4) is 0 Å². The van der Waals surface area contributed by atoms with Crippen molar-refractivity contribution in [3.63, 3.8) is 0 Å². The highest BCUT2D eigenvalue weighted by molar-refractivity contribution is 5.92. The van der Waals surface area contributed by atoms with Gasteiger partial charge in [-0.15, -0.1) is 0 Å². The number of hydrogen-bond acceptors (Lipinski definition) is 3. The summed E-state index contributed by atoms with van der Waals surface area (Å²) in [6, 6.07) is 7.10. The molecule has 0 unspecified atom stereocenters. The van der Waals surface area contributed by atoms with Crippen molar-refractivity contribution in [1.82, 2.24) is 5.32 Å². The number of benzene rings is 1. The molecule has 0 saturated carbocycles. The van der Waals surface area contributed by atoms with E-state index in [1.165, 1.54) is 26.0 Å². The summed E-state index contributed by atoms with van der Waals surface area (Å²) in [7, 11) is 1.35. The van der Waals surface area contributed by atoms with E-state index in [0.717, 1.165) is 18.4 Å². The summed E-state index contributed by atoms with van der Waals surface area (Å²) in [5, 5.41) is 2.95. The van der Waals surface area contributed by atoms with Crippen LogP contribution in [-0.2, 0) is 9.53 Å².